The molecule has 1 aromatic carbocycles. The summed E-state index contributed by atoms with van der Waals surface area (Å²) in [6.45, 7) is 8.82. The number of benzene rings is 1. The van der Waals surface area contributed by atoms with Crippen molar-refractivity contribution in [1.29, 1.82) is 0 Å². The van der Waals surface area contributed by atoms with Gasteiger partial charge in [0.2, 0.25) is 0 Å². The molecule has 0 fully saturated rings. The Morgan fingerprint density at radius 2 is 2.07 bits per heavy atom. The van der Waals surface area contributed by atoms with E-state index in [1.54, 1.807) is 7.11 Å². The Morgan fingerprint density at radius 3 is 2.79 bits per heavy atom. The maximum absolute atomic E-state index is 5.76. The van der Waals surface area contributed by atoms with Gasteiger partial charge in [-0.1, -0.05) is 11.2 Å². The molecule has 2 aromatic rings. The summed E-state index contributed by atoms with van der Waals surface area (Å²) < 4.78 is 16.0. The van der Waals surface area contributed by atoms with Crippen LogP contribution < -0.4 is 15.4 Å². The number of hydrogen-bond donors (Lipinski definition) is 2. The predicted molar refractivity (Wildman–Crippen MR) is 112 cm³/mol. The molecule has 0 bridgehead atoms. The van der Waals surface area contributed by atoms with Crippen LogP contribution in [0.4, 0.5) is 5.69 Å². The largest absolute Gasteiger partial charge is 0.493 e. The number of ether oxygens (including phenoxy) is 2. The van der Waals surface area contributed by atoms with E-state index in [-0.39, 0.29) is 0 Å². The topological polar surface area (TPSA) is 80.9 Å². The highest BCUT2D eigenvalue weighted by atomic mass is 16.5. The van der Waals surface area contributed by atoms with E-state index in [0.29, 0.717) is 19.8 Å². The minimum absolute atomic E-state index is 0.632. The van der Waals surface area contributed by atoms with Gasteiger partial charge >= 0.3 is 0 Å². The van der Waals surface area contributed by atoms with Crippen molar-refractivity contribution >= 4 is 11.6 Å². The summed E-state index contributed by atoms with van der Waals surface area (Å²) in [5.74, 6) is 2.49. The number of aliphatic imine (C=N–C) groups is 1. The molecule has 0 saturated carbocycles. The van der Waals surface area contributed by atoms with Gasteiger partial charge in [0.15, 0.2) is 5.96 Å². The minimum Gasteiger partial charge on any atom is -0.493 e. The smallest absolute Gasteiger partial charge is 0.195 e. The summed E-state index contributed by atoms with van der Waals surface area (Å²) in [7, 11) is 1.69. The van der Waals surface area contributed by atoms with Crippen LogP contribution in [0.3, 0.4) is 0 Å². The van der Waals surface area contributed by atoms with Crippen molar-refractivity contribution in [3.63, 3.8) is 0 Å². The Hall–Kier alpha value is -2.54. The van der Waals surface area contributed by atoms with Crippen LogP contribution in [0.5, 0.6) is 5.75 Å². The quantitative estimate of drug-likeness (QED) is 0.347. The number of nitrogens with one attached hydrogen (secondary N) is 2. The first-order valence-electron chi connectivity index (χ1n) is 9.83. The highest BCUT2D eigenvalue weighted by Crippen LogP contribution is 2.18. The van der Waals surface area contributed by atoms with Crippen LogP contribution in [0.15, 0.2) is 33.8 Å². The first-order chi connectivity index (χ1) is 13.6. The molecule has 28 heavy (non-hydrogen) atoms. The lowest BCUT2D eigenvalue weighted by molar-refractivity contribution is 0.172. The normalized spacial score (nSPS) is 11.5. The molecule has 0 saturated heterocycles. The van der Waals surface area contributed by atoms with Crippen LogP contribution in [0.25, 0.3) is 0 Å². The van der Waals surface area contributed by atoms with Gasteiger partial charge in [0, 0.05) is 50.5 Å². The third-order valence-electron chi connectivity index (χ3n) is 4.24. The van der Waals surface area contributed by atoms with Crippen molar-refractivity contribution in [3.05, 3.63) is 41.3 Å². The maximum Gasteiger partial charge on any atom is 0.195 e. The fourth-order valence-electron chi connectivity index (χ4n) is 2.81. The van der Waals surface area contributed by atoms with E-state index in [4.69, 9.17) is 14.0 Å². The van der Waals surface area contributed by atoms with Gasteiger partial charge in [-0.3, -0.25) is 4.99 Å². The number of anilines is 1. The molecular formula is C21H32N4O3. The zero-order valence-corrected chi connectivity index (χ0v) is 17.4. The number of hydrogen-bond acceptors (Lipinski definition) is 5. The van der Waals surface area contributed by atoms with Crippen molar-refractivity contribution in [2.24, 2.45) is 4.99 Å². The standard InChI is InChI=1S/C21H32N4O3/c1-5-22-21(23-12-7-11-20-16(2)25-28-17(20)3)24-18-9-6-10-19(15-18)27-14-8-13-26-4/h6,9-10,15H,5,7-8,11-14H2,1-4H3,(H2,22,23,24). The molecule has 0 atom stereocenters. The van der Waals surface area contributed by atoms with Crippen LogP contribution in [-0.4, -0.2) is 44.5 Å². The monoisotopic (exact) mass is 388 g/mol. The van der Waals surface area contributed by atoms with E-state index in [1.807, 2.05) is 38.1 Å². The van der Waals surface area contributed by atoms with E-state index in [9.17, 15) is 0 Å². The molecule has 1 aromatic heterocycles. The Labute approximate surface area is 167 Å². The van der Waals surface area contributed by atoms with Gasteiger partial charge in [0.25, 0.3) is 0 Å². The average Bonchev–Trinajstić information content (AvgIpc) is 3.01. The van der Waals surface area contributed by atoms with E-state index in [1.165, 1.54) is 5.56 Å². The zero-order chi connectivity index (χ0) is 20.2. The SMILES string of the molecule is CCNC(=NCCCc1c(C)noc1C)Nc1cccc(OCCCOC)c1. The van der Waals surface area contributed by atoms with Crippen molar-refractivity contribution in [2.75, 3.05) is 38.7 Å². The maximum atomic E-state index is 5.76. The summed E-state index contributed by atoms with van der Waals surface area (Å²) >= 11 is 0. The zero-order valence-electron chi connectivity index (χ0n) is 17.4. The van der Waals surface area contributed by atoms with Gasteiger partial charge < -0.3 is 24.6 Å². The second-order valence-corrected chi connectivity index (χ2v) is 6.51. The summed E-state index contributed by atoms with van der Waals surface area (Å²) in [4.78, 5) is 4.67. The van der Waals surface area contributed by atoms with Crippen LogP contribution in [0.1, 0.15) is 36.8 Å². The first kappa shape index (κ1) is 21.8. The van der Waals surface area contributed by atoms with Gasteiger partial charge in [0.1, 0.15) is 11.5 Å². The van der Waals surface area contributed by atoms with Gasteiger partial charge in [-0.25, -0.2) is 0 Å². The third-order valence-corrected chi connectivity index (χ3v) is 4.24. The van der Waals surface area contributed by atoms with Gasteiger partial charge in [-0.2, -0.15) is 0 Å². The molecule has 7 heteroatoms. The van der Waals surface area contributed by atoms with Gasteiger partial charge in [-0.05, 0) is 45.7 Å². The summed E-state index contributed by atoms with van der Waals surface area (Å²) in [6.07, 6.45) is 2.71. The van der Waals surface area contributed by atoms with Crippen molar-refractivity contribution in [1.82, 2.24) is 10.5 Å². The lowest BCUT2D eigenvalue weighted by Crippen LogP contribution is -2.30. The molecule has 0 spiro atoms. The molecule has 0 radical (unpaired) electrons. The number of rotatable bonds is 11. The van der Waals surface area contributed by atoms with Crippen molar-refractivity contribution in [2.45, 2.75) is 40.0 Å². The fourth-order valence-corrected chi connectivity index (χ4v) is 2.81. The van der Waals surface area contributed by atoms with E-state index >= 15 is 0 Å². The summed E-state index contributed by atoms with van der Waals surface area (Å²) in [6, 6.07) is 7.89. The average molecular weight is 389 g/mol. The summed E-state index contributed by atoms with van der Waals surface area (Å²) in [5.41, 5.74) is 3.09. The first-order valence-corrected chi connectivity index (χ1v) is 9.83. The molecule has 0 amide bonds. The Balaban J connectivity index is 1.88. The second-order valence-electron chi connectivity index (χ2n) is 6.51. The molecule has 0 aliphatic heterocycles. The van der Waals surface area contributed by atoms with Crippen LogP contribution in [0, 0.1) is 13.8 Å². The molecule has 0 unspecified atom stereocenters. The van der Waals surface area contributed by atoms with Gasteiger partial charge in [-0.15, -0.1) is 0 Å². The van der Waals surface area contributed by atoms with Crippen molar-refractivity contribution in [3.8, 4) is 5.75 Å². The molecule has 0 aliphatic rings. The lowest BCUT2D eigenvalue weighted by Gasteiger charge is -2.13. The van der Waals surface area contributed by atoms with Crippen LogP contribution >= 0.6 is 0 Å². The molecule has 154 valence electrons. The predicted octanol–water partition coefficient (Wildman–Crippen LogP) is 3.72. The second kappa shape index (κ2) is 12.0. The van der Waals surface area contributed by atoms with E-state index < -0.39 is 0 Å². The highest BCUT2D eigenvalue weighted by Gasteiger charge is 2.08. The molecular weight excluding hydrogens is 356 g/mol. The Bertz CT molecular complexity index is 724. The summed E-state index contributed by atoms with van der Waals surface area (Å²) in [5, 5.41) is 10.6. The van der Waals surface area contributed by atoms with E-state index in [2.05, 4.69) is 27.7 Å². The number of nitrogens with zero attached hydrogens (tertiary/aromatic N) is 2. The molecule has 2 N–H and O–H groups in total. The number of guanidine groups is 1. The molecule has 1 heterocycles. The fraction of sp³-hybridized carbons (Fsp3) is 0.524. The lowest BCUT2D eigenvalue weighted by atomic mass is 10.1. The molecule has 7 nitrogen and oxygen atoms in total. The number of aryl methyl sites for hydroxylation is 2. The third kappa shape index (κ3) is 7.23. The number of methoxy groups -OCH3 is 1. The Morgan fingerprint density at radius 1 is 1.21 bits per heavy atom. The van der Waals surface area contributed by atoms with Crippen LogP contribution in [0.2, 0.25) is 0 Å². The van der Waals surface area contributed by atoms with Crippen LogP contribution in [-0.2, 0) is 11.2 Å². The molecule has 2 rings (SSSR count). The van der Waals surface area contributed by atoms with E-state index in [0.717, 1.165) is 54.7 Å². The molecule has 0 aliphatic carbocycles. The number of aromatic nitrogens is 1. The van der Waals surface area contributed by atoms with Gasteiger partial charge in [0.05, 0.1) is 12.3 Å². The van der Waals surface area contributed by atoms with Crippen molar-refractivity contribution < 1.29 is 14.0 Å². The minimum atomic E-state index is 0.632. The highest BCUT2D eigenvalue weighted by molar-refractivity contribution is 5.93. The Kier molecular flexibility index (Phi) is 9.34.